The number of carbonyl (C=O) groups excluding carboxylic acids is 1. The average molecular weight is 192 g/mol. The number of hydrogen-bond acceptors (Lipinski definition) is 3. The van der Waals surface area contributed by atoms with Crippen molar-refractivity contribution in [2.24, 2.45) is 0 Å². The molecule has 1 unspecified atom stereocenters. The van der Waals surface area contributed by atoms with Gasteiger partial charge in [0.15, 0.2) is 5.78 Å². The van der Waals surface area contributed by atoms with Gasteiger partial charge in [-0.2, -0.15) is 0 Å². The molecule has 4 nitrogen and oxygen atoms in total. The third-order valence-corrected chi connectivity index (χ3v) is 2.95. The SMILES string of the molecule is CCCC(=O)C(CC)S([NH])(=O)=O. The summed E-state index contributed by atoms with van der Waals surface area (Å²) < 4.78 is 21.4. The predicted octanol–water partition coefficient (Wildman–Crippen LogP) is 0.747. The first-order valence-electron chi connectivity index (χ1n) is 3.94. The van der Waals surface area contributed by atoms with E-state index >= 15 is 0 Å². The average Bonchev–Trinajstić information content (AvgIpc) is 1.85. The monoisotopic (exact) mass is 192 g/mol. The molecule has 0 aromatic rings. The van der Waals surface area contributed by atoms with Crippen molar-refractivity contribution in [2.45, 2.75) is 38.4 Å². The van der Waals surface area contributed by atoms with Crippen LogP contribution < -0.4 is 5.14 Å². The lowest BCUT2D eigenvalue weighted by atomic mass is 10.1. The van der Waals surface area contributed by atoms with Crippen molar-refractivity contribution in [1.82, 2.24) is 5.14 Å². The Hall–Kier alpha value is -0.420. The van der Waals surface area contributed by atoms with Gasteiger partial charge in [-0.05, 0) is 12.8 Å². The van der Waals surface area contributed by atoms with E-state index in [4.69, 9.17) is 5.14 Å². The van der Waals surface area contributed by atoms with Gasteiger partial charge in [-0.1, -0.05) is 13.8 Å². The van der Waals surface area contributed by atoms with Gasteiger partial charge < -0.3 is 0 Å². The first-order valence-corrected chi connectivity index (χ1v) is 5.49. The maximum Gasteiger partial charge on any atom is 0.235 e. The van der Waals surface area contributed by atoms with Crippen LogP contribution in [-0.2, 0) is 14.8 Å². The minimum atomic E-state index is -3.94. The number of rotatable bonds is 5. The van der Waals surface area contributed by atoms with Gasteiger partial charge >= 0.3 is 0 Å². The second-order valence-electron chi connectivity index (χ2n) is 2.66. The van der Waals surface area contributed by atoms with Gasteiger partial charge in [-0.25, -0.2) is 8.42 Å². The zero-order chi connectivity index (χ0) is 9.78. The van der Waals surface area contributed by atoms with E-state index in [9.17, 15) is 13.2 Å². The van der Waals surface area contributed by atoms with Crippen LogP contribution in [0.3, 0.4) is 0 Å². The molecule has 0 bridgehead atoms. The van der Waals surface area contributed by atoms with Crippen molar-refractivity contribution < 1.29 is 13.2 Å². The Labute approximate surface area is 73.2 Å². The van der Waals surface area contributed by atoms with Crippen LogP contribution >= 0.6 is 0 Å². The van der Waals surface area contributed by atoms with Crippen LogP contribution in [0.2, 0.25) is 0 Å². The molecular weight excluding hydrogens is 178 g/mol. The summed E-state index contributed by atoms with van der Waals surface area (Å²) in [7, 11) is -3.94. The molecule has 0 aromatic heterocycles. The topological polar surface area (TPSA) is 75.0 Å². The highest BCUT2D eigenvalue weighted by Crippen LogP contribution is 2.08. The molecule has 0 spiro atoms. The Bertz CT molecular complexity index is 245. The Morgan fingerprint density at radius 1 is 1.42 bits per heavy atom. The molecule has 12 heavy (non-hydrogen) atoms. The van der Waals surface area contributed by atoms with Crippen molar-refractivity contribution in [2.75, 3.05) is 0 Å². The Morgan fingerprint density at radius 3 is 2.17 bits per heavy atom. The van der Waals surface area contributed by atoms with Gasteiger partial charge in [0.25, 0.3) is 0 Å². The van der Waals surface area contributed by atoms with E-state index in [0.29, 0.717) is 6.42 Å². The van der Waals surface area contributed by atoms with Crippen LogP contribution in [0.1, 0.15) is 33.1 Å². The second kappa shape index (κ2) is 4.57. The van der Waals surface area contributed by atoms with Crippen LogP contribution in [-0.4, -0.2) is 19.5 Å². The zero-order valence-electron chi connectivity index (χ0n) is 7.33. The van der Waals surface area contributed by atoms with Crippen molar-refractivity contribution in [3.63, 3.8) is 0 Å². The van der Waals surface area contributed by atoms with Gasteiger partial charge in [-0.3, -0.25) is 4.79 Å². The Kier molecular flexibility index (Phi) is 4.41. The number of carbonyl (C=O) groups is 1. The van der Waals surface area contributed by atoms with Gasteiger partial charge in [0.1, 0.15) is 5.25 Å². The Morgan fingerprint density at radius 2 is 1.92 bits per heavy atom. The molecule has 0 amide bonds. The van der Waals surface area contributed by atoms with E-state index in [0.717, 1.165) is 0 Å². The molecule has 0 aliphatic rings. The highest BCUT2D eigenvalue weighted by molar-refractivity contribution is 7.90. The fourth-order valence-corrected chi connectivity index (χ4v) is 1.93. The van der Waals surface area contributed by atoms with Gasteiger partial charge in [0.05, 0.1) is 0 Å². The van der Waals surface area contributed by atoms with Crippen LogP contribution in [0.25, 0.3) is 0 Å². The molecule has 0 aliphatic heterocycles. The first kappa shape index (κ1) is 11.6. The number of Topliss-reactive ketones (excluding diaryl/α,β-unsaturated/α-hetero) is 1. The lowest BCUT2D eigenvalue weighted by Crippen LogP contribution is -2.29. The van der Waals surface area contributed by atoms with Crippen molar-refractivity contribution in [3.8, 4) is 0 Å². The quantitative estimate of drug-likeness (QED) is 0.645. The normalized spacial score (nSPS) is 14.2. The first-order chi connectivity index (χ1) is 5.43. The molecule has 1 atom stereocenters. The summed E-state index contributed by atoms with van der Waals surface area (Å²) in [5.41, 5.74) is 0. The molecule has 71 valence electrons. The fraction of sp³-hybridized carbons (Fsp3) is 0.857. The summed E-state index contributed by atoms with van der Waals surface area (Å²) in [5.74, 6) is -0.338. The third kappa shape index (κ3) is 3.32. The number of ketones is 1. The van der Waals surface area contributed by atoms with Crippen LogP contribution in [0.15, 0.2) is 0 Å². The molecule has 0 saturated heterocycles. The molecule has 0 aliphatic carbocycles. The van der Waals surface area contributed by atoms with E-state index in [1.54, 1.807) is 13.8 Å². The fourth-order valence-electron chi connectivity index (χ4n) is 1.03. The Balaban J connectivity index is 4.47. The summed E-state index contributed by atoms with van der Waals surface area (Å²) in [6.07, 6.45) is 1.08. The van der Waals surface area contributed by atoms with Crippen molar-refractivity contribution in [3.05, 3.63) is 0 Å². The highest BCUT2D eigenvalue weighted by atomic mass is 32.2. The molecular formula is C7H14NO3S. The minimum Gasteiger partial charge on any atom is -0.298 e. The third-order valence-electron chi connectivity index (χ3n) is 1.60. The number of hydrogen-bond donors (Lipinski definition) is 0. The standard InChI is InChI=1S/C7H14NO3S/c1-3-5-6(9)7(4-2)12(8,10)11/h7-8H,3-5H2,1-2H3. The molecule has 5 heteroatoms. The summed E-state index contributed by atoms with van der Waals surface area (Å²) >= 11 is 0. The van der Waals surface area contributed by atoms with Gasteiger partial charge in [0, 0.05) is 6.42 Å². The molecule has 1 N–H and O–H groups in total. The van der Waals surface area contributed by atoms with E-state index in [2.05, 4.69) is 0 Å². The number of sulfonamides is 1. The van der Waals surface area contributed by atoms with Crippen LogP contribution in [0.5, 0.6) is 0 Å². The largest absolute Gasteiger partial charge is 0.298 e. The molecule has 0 rings (SSSR count). The lowest BCUT2D eigenvalue weighted by Gasteiger charge is -2.08. The van der Waals surface area contributed by atoms with Crippen LogP contribution in [0.4, 0.5) is 0 Å². The number of nitrogens with one attached hydrogen (secondary N) is 1. The highest BCUT2D eigenvalue weighted by Gasteiger charge is 2.26. The molecule has 0 heterocycles. The molecule has 0 saturated carbocycles. The molecule has 0 aromatic carbocycles. The van der Waals surface area contributed by atoms with Gasteiger partial charge in [0.2, 0.25) is 10.0 Å². The van der Waals surface area contributed by atoms with Crippen molar-refractivity contribution >= 4 is 15.8 Å². The molecule has 0 fully saturated rings. The van der Waals surface area contributed by atoms with E-state index in [1.807, 2.05) is 0 Å². The van der Waals surface area contributed by atoms with Gasteiger partial charge in [-0.15, -0.1) is 5.14 Å². The maximum atomic E-state index is 11.1. The lowest BCUT2D eigenvalue weighted by molar-refractivity contribution is -0.118. The summed E-state index contributed by atoms with van der Waals surface area (Å²) in [6, 6.07) is 0. The zero-order valence-corrected chi connectivity index (χ0v) is 8.15. The summed E-state index contributed by atoms with van der Waals surface area (Å²) in [5, 5.41) is 5.64. The summed E-state index contributed by atoms with van der Waals surface area (Å²) in [4.78, 5) is 11.1. The smallest absolute Gasteiger partial charge is 0.235 e. The predicted molar refractivity (Wildman–Crippen MR) is 46.0 cm³/mol. The van der Waals surface area contributed by atoms with E-state index in [-0.39, 0.29) is 18.6 Å². The van der Waals surface area contributed by atoms with E-state index in [1.165, 1.54) is 0 Å². The second-order valence-corrected chi connectivity index (χ2v) is 4.32. The minimum absolute atomic E-state index is 0.199. The summed E-state index contributed by atoms with van der Waals surface area (Å²) in [6.45, 7) is 3.41. The maximum absolute atomic E-state index is 11.1. The van der Waals surface area contributed by atoms with E-state index < -0.39 is 15.3 Å². The van der Waals surface area contributed by atoms with Crippen LogP contribution in [0, 0.1) is 0 Å². The molecule has 1 radical (unpaired) electrons. The van der Waals surface area contributed by atoms with Crippen molar-refractivity contribution in [1.29, 1.82) is 0 Å².